The van der Waals surface area contributed by atoms with Crippen molar-refractivity contribution in [1.29, 1.82) is 0 Å². The molecule has 4 heteroatoms. The molecule has 19 heavy (non-hydrogen) atoms. The molecule has 0 bridgehead atoms. The summed E-state index contributed by atoms with van der Waals surface area (Å²) in [5, 5.41) is 6.60. The van der Waals surface area contributed by atoms with Crippen molar-refractivity contribution < 1.29 is 0 Å². The Kier molecular flexibility index (Phi) is 6.10. The van der Waals surface area contributed by atoms with Crippen LogP contribution >= 0.6 is 24.0 Å². The first-order valence-corrected chi connectivity index (χ1v) is 6.67. The number of guanidine groups is 1. The van der Waals surface area contributed by atoms with Crippen LogP contribution in [0.25, 0.3) is 0 Å². The van der Waals surface area contributed by atoms with Crippen LogP contribution in [0.3, 0.4) is 0 Å². The topological polar surface area (TPSA) is 36.4 Å². The number of aliphatic imine (C=N–C) groups is 1. The van der Waals surface area contributed by atoms with E-state index in [0.717, 1.165) is 32.0 Å². The van der Waals surface area contributed by atoms with E-state index in [1.807, 2.05) is 0 Å². The van der Waals surface area contributed by atoms with Gasteiger partial charge in [0.2, 0.25) is 0 Å². The van der Waals surface area contributed by atoms with Gasteiger partial charge in [-0.05, 0) is 23.0 Å². The molecule has 0 atom stereocenters. The third-order valence-corrected chi connectivity index (χ3v) is 3.18. The molecule has 0 aliphatic carbocycles. The first-order valence-electron chi connectivity index (χ1n) is 6.67. The Morgan fingerprint density at radius 2 is 1.89 bits per heavy atom. The van der Waals surface area contributed by atoms with E-state index in [1.165, 1.54) is 11.1 Å². The van der Waals surface area contributed by atoms with Crippen molar-refractivity contribution in [3.8, 4) is 0 Å². The van der Waals surface area contributed by atoms with Gasteiger partial charge in [-0.15, -0.1) is 24.0 Å². The van der Waals surface area contributed by atoms with Crippen LogP contribution in [0, 0.1) is 0 Å². The Bertz CT molecular complexity index is 418. The lowest BCUT2D eigenvalue weighted by atomic mass is 9.87. The molecular weight excluding hydrogens is 349 g/mol. The molecule has 1 aliphatic rings. The van der Waals surface area contributed by atoms with E-state index >= 15 is 0 Å². The molecule has 1 heterocycles. The number of hydrogen-bond donors (Lipinski definition) is 2. The Labute approximate surface area is 133 Å². The predicted molar refractivity (Wildman–Crippen MR) is 92.3 cm³/mol. The number of benzene rings is 1. The standard InChI is InChI=1S/C15H23N3.HI/c1-15(2,3)13-7-5-12(6-8-13)11-18-14-16-9-4-10-17-14;/h5-8H,4,9-11H2,1-3H3,(H2,16,17,18);1H. The second kappa shape index (κ2) is 7.12. The zero-order chi connectivity index (χ0) is 13.0. The van der Waals surface area contributed by atoms with Gasteiger partial charge in [0.05, 0.1) is 0 Å². The summed E-state index contributed by atoms with van der Waals surface area (Å²) >= 11 is 0. The molecule has 3 nitrogen and oxygen atoms in total. The van der Waals surface area contributed by atoms with Crippen molar-refractivity contribution in [1.82, 2.24) is 10.6 Å². The van der Waals surface area contributed by atoms with Crippen molar-refractivity contribution in [2.24, 2.45) is 4.99 Å². The van der Waals surface area contributed by atoms with Crippen LogP contribution < -0.4 is 10.6 Å². The molecule has 0 aromatic heterocycles. The minimum Gasteiger partial charge on any atom is -0.356 e. The molecule has 1 aliphatic heterocycles. The molecule has 2 N–H and O–H groups in total. The highest BCUT2D eigenvalue weighted by Crippen LogP contribution is 2.22. The fraction of sp³-hybridized carbons (Fsp3) is 0.533. The van der Waals surface area contributed by atoms with Crippen LogP contribution in [-0.2, 0) is 12.0 Å². The zero-order valence-corrected chi connectivity index (χ0v) is 14.3. The molecule has 0 saturated carbocycles. The summed E-state index contributed by atoms with van der Waals surface area (Å²) in [7, 11) is 0. The highest BCUT2D eigenvalue weighted by atomic mass is 127. The highest BCUT2D eigenvalue weighted by molar-refractivity contribution is 14.0. The lowest BCUT2D eigenvalue weighted by molar-refractivity contribution is 0.590. The van der Waals surface area contributed by atoms with E-state index in [9.17, 15) is 0 Å². The van der Waals surface area contributed by atoms with Crippen LogP contribution in [0.15, 0.2) is 29.3 Å². The van der Waals surface area contributed by atoms with Gasteiger partial charge in [-0.3, -0.25) is 4.99 Å². The molecule has 0 radical (unpaired) electrons. The Balaban J connectivity index is 0.00000180. The highest BCUT2D eigenvalue weighted by Gasteiger charge is 2.12. The van der Waals surface area contributed by atoms with Crippen LogP contribution in [0.5, 0.6) is 0 Å². The lowest BCUT2D eigenvalue weighted by Crippen LogP contribution is -2.40. The van der Waals surface area contributed by atoms with Gasteiger partial charge in [-0.2, -0.15) is 0 Å². The SMILES string of the molecule is CC(C)(C)c1ccc(CNC2=NCCCN2)cc1.I. The maximum Gasteiger partial charge on any atom is 0.191 e. The predicted octanol–water partition coefficient (Wildman–Crippen LogP) is 3.04. The lowest BCUT2D eigenvalue weighted by Gasteiger charge is -2.19. The van der Waals surface area contributed by atoms with Crippen molar-refractivity contribution in [3.63, 3.8) is 0 Å². The van der Waals surface area contributed by atoms with Crippen LogP contribution in [0.1, 0.15) is 38.3 Å². The van der Waals surface area contributed by atoms with E-state index in [-0.39, 0.29) is 29.4 Å². The number of nitrogens with one attached hydrogen (secondary N) is 2. The first kappa shape index (κ1) is 16.3. The maximum atomic E-state index is 4.40. The summed E-state index contributed by atoms with van der Waals surface area (Å²) in [5.41, 5.74) is 2.89. The van der Waals surface area contributed by atoms with Crippen LogP contribution in [0.2, 0.25) is 0 Å². The quantitative estimate of drug-likeness (QED) is 0.782. The van der Waals surface area contributed by atoms with E-state index in [0.29, 0.717) is 0 Å². The van der Waals surface area contributed by atoms with Gasteiger partial charge >= 0.3 is 0 Å². The van der Waals surface area contributed by atoms with Crippen molar-refractivity contribution in [2.45, 2.75) is 39.2 Å². The minimum absolute atomic E-state index is 0. The smallest absolute Gasteiger partial charge is 0.191 e. The molecule has 0 unspecified atom stereocenters. The number of halogens is 1. The molecule has 2 rings (SSSR count). The summed E-state index contributed by atoms with van der Waals surface area (Å²) in [6, 6.07) is 8.81. The van der Waals surface area contributed by atoms with Gasteiger partial charge < -0.3 is 10.6 Å². The van der Waals surface area contributed by atoms with E-state index in [4.69, 9.17) is 0 Å². The molecule has 1 aromatic rings. The number of hydrogen-bond acceptors (Lipinski definition) is 3. The third-order valence-electron chi connectivity index (χ3n) is 3.18. The molecule has 1 aromatic carbocycles. The normalized spacial score (nSPS) is 15.0. The minimum atomic E-state index is 0. The van der Waals surface area contributed by atoms with Crippen molar-refractivity contribution in [3.05, 3.63) is 35.4 Å². The van der Waals surface area contributed by atoms with Gasteiger partial charge in [-0.25, -0.2) is 0 Å². The summed E-state index contributed by atoms with van der Waals surface area (Å²) in [5.74, 6) is 0.932. The summed E-state index contributed by atoms with van der Waals surface area (Å²) in [6.07, 6.45) is 1.13. The van der Waals surface area contributed by atoms with Crippen LogP contribution in [-0.4, -0.2) is 19.0 Å². The average molecular weight is 373 g/mol. The maximum absolute atomic E-state index is 4.40. The van der Waals surface area contributed by atoms with Crippen molar-refractivity contribution >= 4 is 29.9 Å². The molecule has 0 spiro atoms. The first-order chi connectivity index (χ1) is 8.55. The molecule has 0 amide bonds. The Morgan fingerprint density at radius 1 is 1.21 bits per heavy atom. The van der Waals surface area contributed by atoms with E-state index in [1.54, 1.807) is 0 Å². The third kappa shape index (κ3) is 5.01. The fourth-order valence-electron chi connectivity index (χ4n) is 1.96. The largest absolute Gasteiger partial charge is 0.356 e. The average Bonchev–Trinajstić information content (AvgIpc) is 2.37. The fourth-order valence-corrected chi connectivity index (χ4v) is 1.96. The van der Waals surface area contributed by atoms with Gasteiger partial charge in [0.25, 0.3) is 0 Å². The van der Waals surface area contributed by atoms with Gasteiger partial charge in [0, 0.05) is 19.6 Å². The Hall–Kier alpha value is -0.780. The molecular formula is C15H24IN3. The van der Waals surface area contributed by atoms with E-state index < -0.39 is 0 Å². The number of nitrogens with zero attached hydrogens (tertiary/aromatic N) is 1. The monoisotopic (exact) mass is 373 g/mol. The van der Waals surface area contributed by atoms with Gasteiger partial charge in [0.15, 0.2) is 5.96 Å². The second-order valence-corrected chi connectivity index (χ2v) is 5.81. The van der Waals surface area contributed by atoms with Crippen LogP contribution in [0.4, 0.5) is 0 Å². The van der Waals surface area contributed by atoms with E-state index in [2.05, 4.69) is 60.7 Å². The summed E-state index contributed by atoms with van der Waals surface area (Å²) in [4.78, 5) is 4.40. The molecule has 0 fully saturated rings. The van der Waals surface area contributed by atoms with Gasteiger partial charge in [-0.1, -0.05) is 45.0 Å². The Morgan fingerprint density at radius 3 is 2.42 bits per heavy atom. The summed E-state index contributed by atoms with van der Waals surface area (Å²) < 4.78 is 0. The zero-order valence-electron chi connectivity index (χ0n) is 12.0. The second-order valence-electron chi connectivity index (χ2n) is 5.81. The van der Waals surface area contributed by atoms with Gasteiger partial charge in [0.1, 0.15) is 0 Å². The van der Waals surface area contributed by atoms with Crippen molar-refractivity contribution in [2.75, 3.05) is 13.1 Å². The molecule has 0 saturated heterocycles. The number of rotatable bonds is 2. The molecule has 106 valence electrons. The summed E-state index contributed by atoms with van der Waals surface area (Å²) in [6.45, 7) is 9.49.